The van der Waals surface area contributed by atoms with Crippen LogP contribution in [0.1, 0.15) is 141 Å². The number of carbonyl (C=O) groups excluding carboxylic acids is 2. The number of nitrogens with two attached hydrogens (primary N) is 2. The highest BCUT2D eigenvalue weighted by Gasteiger charge is 2.39. The molecular weight excluding hydrogens is 1290 g/mol. The molecule has 0 aliphatic rings. The first-order valence-electron chi connectivity index (χ1n) is 17.7. The van der Waals surface area contributed by atoms with Crippen molar-refractivity contribution in [1.82, 2.24) is 0 Å². The first-order valence-corrected chi connectivity index (χ1v) is 24.2. The molecule has 0 aliphatic heterocycles. The Morgan fingerprint density at radius 1 is 0.653 bits per heavy atom. The normalized spacial score (nSPS) is 12.8. The zero-order valence-corrected chi connectivity index (χ0v) is 41.8. The van der Waals surface area contributed by atoms with Crippen LogP contribution in [-0.2, 0) is 9.59 Å². The summed E-state index contributed by atoms with van der Waals surface area (Å²) in [4.78, 5) is 28.5. The van der Waals surface area contributed by atoms with Gasteiger partial charge in [-0.05, 0) is 192 Å². The van der Waals surface area contributed by atoms with E-state index < -0.39 is 11.9 Å². The van der Waals surface area contributed by atoms with Crippen LogP contribution in [0.2, 0.25) is 0 Å². The number of ether oxygens (including phenoxy) is 1. The monoisotopic (exact) mass is 1350 g/mol. The first kappa shape index (κ1) is 46.5. The van der Waals surface area contributed by atoms with Gasteiger partial charge < -0.3 is 16.2 Å². The van der Waals surface area contributed by atoms with Crippen LogP contribution in [0.15, 0.2) is 24.3 Å². The quantitative estimate of drug-likeness (QED) is 0.0208. The van der Waals surface area contributed by atoms with Crippen LogP contribution in [0, 0.1) is 27.3 Å². The molecule has 2 rings (SSSR count). The van der Waals surface area contributed by atoms with Gasteiger partial charge in [0.05, 0.1) is 18.5 Å². The minimum Gasteiger partial charge on any atom is -0.424 e. The molecule has 0 aliphatic carbocycles. The van der Waals surface area contributed by atoms with Crippen molar-refractivity contribution < 1.29 is 14.3 Å². The minimum atomic E-state index is -0.928. The maximum atomic E-state index is 14.3. The van der Waals surface area contributed by atoms with Gasteiger partial charge in [-0.1, -0.05) is 96.6 Å². The molecule has 2 unspecified atom stereocenters. The van der Waals surface area contributed by atoms with Gasteiger partial charge >= 0.3 is 5.97 Å². The fourth-order valence-corrected chi connectivity index (χ4v) is 13.7. The van der Waals surface area contributed by atoms with E-state index >= 15 is 0 Å². The SMILES string of the molecule is CCCCCCCCC=CCCCCCCCC(=O)C(C(=O)Oc1c(I)cc(I)c(N)c1I)C(CCCCC)c1c(I)cc(I)c(N)c1I. The summed E-state index contributed by atoms with van der Waals surface area (Å²) in [6, 6.07) is 3.97. The summed E-state index contributed by atoms with van der Waals surface area (Å²) in [6.45, 7) is 4.43. The summed E-state index contributed by atoms with van der Waals surface area (Å²) in [6.07, 6.45) is 24.3. The zero-order valence-electron chi connectivity index (χ0n) is 28.8. The van der Waals surface area contributed by atoms with Gasteiger partial charge in [-0.3, -0.25) is 9.59 Å². The summed E-state index contributed by atoms with van der Waals surface area (Å²) in [5, 5.41) is 0. The highest BCUT2D eigenvalue weighted by molar-refractivity contribution is 14.1. The number of carbonyl (C=O) groups is 2. The molecule has 2 aromatic carbocycles. The molecule has 274 valence electrons. The van der Waals surface area contributed by atoms with Crippen molar-refractivity contribution in [1.29, 1.82) is 0 Å². The summed E-state index contributed by atoms with van der Waals surface area (Å²) < 4.78 is 11.5. The Labute approximate surface area is 377 Å². The third-order valence-electron chi connectivity index (χ3n) is 8.78. The van der Waals surface area contributed by atoms with Crippen LogP contribution in [0.3, 0.4) is 0 Å². The van der Waals surface area contributed by atoms with Crippen LogP contribution in [0.5, 0.6) is 5.75 Å². The molecule has 0 amide bonds. The Morgan fingerprint density at radius 2 is 1.14 bits per heavy atom. The second kappa shape index (κ2) is 26.2. The number of hydrogen-bond donors (Lipinski definition) is 2. The Bertz CT molecular complexity index is 1380. The van der Waals surface area contributed by atoms with E-state index in [0.717, 1.165) is 74.8 Å². The van der Waals surface area contributed by atoms with Crippen molar-refractivity contribution in [3.05, 3.63) is 51.3 Å². The Balaban J connectivity index is 2.17. The van der Waals surface area contributed by atoms with Gasteiger partial charge in [0.25, 0.3) is 0 Å². The lowest BCUT2D eigenvalue weighted by Gasteiger charge is -2.28. The molecular formula is C38H52I6N2O3. The van der Waals surface area contributed by atoms with Gasteiger partial charge in [0.2, 0.25) is 0 Å². The second-order valence-electron chi connectivity index (χ2n) is 12.7. The zero-order chi connectivity index (χ0) is 36.3. The standard InChI is InChI=1S/C38H52I6N2O3/c1-3-5-7-8-9-10-11-12-13-14-15-16-17-18-20-22-30(47)32(38(48)49-37-29(42)24-28(41)36(46)34(37)44)25(21-19-6-4-2)31-26(39)23-27(40)35(45)33(31)43/h12-13,23-25,32H,3-11,14-22,45-46H2,1-2H3. The summed E-state index contributed by atoms with van der Waals surface area (Å²) in [7, 11) is 0. The number of anilines is 2. The van der Waals surface area contributed by atoms with Gasteiger partial charge in [-0.2, -0.15) is 0 Å². The van der Waals surface area contributed by atoms with Gasteiger partial charge in [0, 0.05) is 26.6 Å². The van der Waals surface area contributed by atoms with Crippen LogP contribution in [0.4, 0.5) is 11.4 Å². The number of hydrogen-bond acceptors (Lipinski definition) is 5. The van der Waals surface area contributed by atoms with Crippen molar-refractivity contribution in [2.24, 2.45) is 5.92 Å². The predicted octanol–water partition coefficient (Wildman–Crippen LogP) is 14.0. The molecule has 0 radical (unpaired) electrons. The summed E-state index contributed by atoms with van der Waals surface area (Å²) >= 11 is 13.4. The van der Waals surface area contributed by atoms with Crippen LogP contribution < -0.4 is 16.2 Å². The molecule has 11 heteroatoms. The highest BCUT2D eigenvalue weighted by atomic mass is 127. The molecule has 5 nitrogen and oxygen atoms in total. The molecule has 2 aromatic rings. The molecule has 0 fully saturated rings. The third kappa shape index (κ3) is 15.9. The van der Waals surface area contributed by atoms with E-state index in [1.807, 2.05) is 6.07 Å². The van der Waals surface area contributed by atoms with E-state index in [1.165, 1.54) is 51.4 Å². The molecule has 0 heterocycles. The average Bonchev–Trinajstić information content (AvgIpc) is 3.06. The number of allylic oxidation sites excluding steroid dienone is 2. The topological polar surface area (TPSA) is 95.4 Å². The highest BCUT2D eigenvalue weighted by Crippen LogP contribution is 2.42. The predicted molar refractivity (Wildman–Crippen MR) is 258 cm³/mol. The summed E-state index contributed by atoms with van der Waals surface area (Å²) in [5.74, 6) is -1.37. The largest absolute Gasteiger partial charge is 0.424 e. The van der Waals surface area contributed by atoms with E-state index in [0.29, 0.717) is 33.5 Å². The van der Waals surface area contributed by atoms with Crippen molar-refractivity contribution in [3.63, 3.8) is 0 Å². The van der Waals surface area contributed by atoms with E-state index in [4.69, 9.17) is 16.2 Å². The molecule has 0 aromatic heterocycles. The van der Waals surface area contributed by atoms with Crippen molar-refractivity contribution >= 4 is 159 Å². The number of rotatable bonds is 24. The maximum Gasteiger partial charge on any atom is 0.322 e. The van der Waals surface area contributed by atoms with Crippen molar-refractivity contribution in [3.8, 4) is 5.75 Å². The smallest absolute Gasteiger partial charge is 0.322 e. The number of esters is 1. The molecule has 0 spiro atoms. The van der Waals surface area contributed by atoms with Crippen molar-refractivity contribution in [2.45, 2.75) is 135 Å². The second-order valence-corrected chi connectivity index (χ2v) is 19.5. The number of ketones is 1. The first-order chi connectivity index (χ1) is 23.5. The lowest BCUT2D eigenvalue weighted by molar-refractivity contribution is -0.145. The lowest BCUT2D eigenvalue weighted by Crippen LogP contribution is -2.35. The molecule has 49 heavy (non-hydrogen) atoms. The van der Waals surface area contributed by atoms with Crippen LogP contribution in [-0.4, -0.2) is 11.8 Å². The van der Waals surface area contributed by atoms with E-state index in [1.54, 1.807) is 0 Å². The molecule has 0 saturated heterocycles. The fourth-order valence-electron chi connectivity index (χ4n) is 5.94. The number of halogens is 6. The van der Waals surface area contributed by atoms with E-state index in [9.17, 15) is 9.59 Å². The van der Waals surface area contributed by atoms with Gasteiger partial charge in [-0.25, -0.2) is 0 Å². The third-order valence-corrected chi connectivity index (χ3v) is 14.5. The average molecular weight is 1350 g/mol. The fraction of sp³-hybridized carbons (Fsp3) is 0.579. The number of Topliss-reactive ketones (excluding diaryl/α,β-unsaturated/α-hetero) is 1. The van der Waals surface area contributed by atoms with Gasteiger partial charge in [0.1, 0.15) is 11.7 Å². The Hall–Kier alpha value is 1.30. The van der Waals surface area contributed by atoms with Gasteiger partial charge in [-0.15, -0.1) is 0 Å². The Kier molecular flexibility index (Phi) is 24.8. The van der Waals surface area contributed by atoms with Gasteiger partial charge in [0.15, 0.2) is 5.75 Å². The van der Waals surface area contributed by atoms with Crippen molar-refractivity contribution in [2.75, 3.05) is 11.5 Å². The molecule has 2 atom stereocenters. The number of benzene rings is 2. The van der Waals surface area contributed by atoms with Crippen LogP contribution in [0.25, 0.3) is 0 Å². The summed E-state index contributed by atoms with van der Waals surface area (Å²) in [5.41, 5.74) is 15.2. The number of unbranched alkanes of at least 4 members (excludes halogenated alkanes) is 13. The van der Waals surface area contributed by atoms with E-state index in [2.05, 4.69) is 168 Å². The maximum absolute atomic E-state index is 14.3. The Morgan fingerprint density at radius 3 is 1.73 bits per heavy atom. The van der Waals surface area contributed by atoms with E-state index in [-0.39, 0.29) is 11.7 Å². The molecule has 0 saturated carbocycles. The molecule has 0 bridgehead atoms. The minimum absolute atomic E-state index is 0.0450. The number of nitrogen functional groups attached to an aromatic ring is 2. The lowest BCUT2D eigenvalue weighted by atomic mass is 9.78. The van der Waals surface area contributed by atoms with Crippen LogP contribution >= 0.6 is 136 Å². The molecule has 4 N–H and O–H groups in total.